The number of rotatable bonds is 1. The van der Waals surface area contributed by atoms with Gasteiger partial charge >= 0.3 is 0 Å². The first kappa shape index (κ1) is 8.33. The maximum atomic E-state index is 10.5. The zero-order chi connectivity index (χ0) is 8.48. The van der Waals surface area contributed by atoms with Crippen molar-refractivity contribution in [3.63, 3.8) is 0 Å². The Morgan fingerprint density at radius 1 is 1.45 bits per heavy atom. The third kappa shape index (κ3) is 1.63. The van der Waals surface area contributed by atoms with Crippen molar-refractivity contribution in [1.29, 1.82) is 0 Å². The van der Waals surface area contributed by atoms with Crippen LogP contribution in [-0.2, 0) is 5.41 Å². The third-order valence-electron chi connectivity index (χ3n) is 1.33. The predicted molar refractivity (Wildman–Crippen MR) is 44.0 cm³/mol. The van der Waals surface area contributed by atoms with E-state index in [-0.39, 0.29) is 5.41 Å². The monoisotopic (exact) mass is 170 g/mol. The molecule has 11 heavy (non-hydrogen) atoms. The van der Waals surface area contributed by atoms with Gasteiger partial charge in [-0.3, -0.25) is 4.79 Å². The highest BCUT2D eigenvalue weighted by Crippen LogP contribution is 2.23. The van der Waals surface area contributed by atoms with Gasteiger partial charge in [0.1, 0.15) is 4.88 Å². The standard InChI is InChI=1S/C7H10N2OS/c1-7(2,3)6-5(4-10)11-9-8-6/h4H,1-3H3. The van der Waals surface area contributed by atoms with Gasteiger partial charge in [-0.1, -0.05) is 25.3 Å². The molecule has 1 aromatic heterocycles. The topological polar surface area (TPSA) is 42.9 Å². The van der Waals surface area contributed by atoms with Crippen LogP contribution in [0.1, 0.15) is 36.1 Å². The summed E-state index contributed by atoms with van der Waals surface area (Å²) < 4.78 is 3.72. The van der Waals surface area contributed by atoms with Crippen molar-refractivity contribution in [3.05, 3.63) is 10.6 Å². The molecule has 0 saturated heterocycles. The Morgan fingerprint density at radius 3 is 2.45 bits per heavy atom. The highest BCUT2D eigenvalue weighted by atomic mass is 32.1. The zero-order valence-electron chi connectivity index (χ0n) is 6.79. The second kappa shape index (κ2) is 2.70. The number of carbonyl (C=O) groups is 1. The molecule has 0 bridgehead atoms. The summed E-state index contributed by atoms with van der Waals surface area (Å²) in [7, 11) is 0. The molecule has 0 aliphatic carbocycles. The van der Waals surface area contributed by atoms with Crippen LogP contribution in [0.4, 0.5) is 0 Å². The molecular formula is C7H10N2OS. The lowest BCUT2D eigenvalue weighted by atomic mass is 9.92. The van der Waals surface area contributed by atoms with Gasteiger partial charge in [-0.05, 0) is 11.5 Å². The van der Waals surface area contributed by atoms with Crippen LogP contribution in [0.15, 0.2) is 0 Å². The number of aldehydes is 1. The minimum absolute atomic E-state index is 0.0801. The highest BCUT2D eigenvalue weighted by Gasteiger charge is 2.21. The Kier molecular flexibility index (Phi) is 2.04. The molecule has 0 aliphatic rings. The van der Waals surface area contributed by atoms with Crippen LogP contribution in [0.5, 0.6) is 0 Å². The van der Waals surface area contributed by atoms with Crippen LogP contribution in [0.2, 0.25) is 0 Å². The van der Waals surface area contributed by atoms with E-state index in [0.717, 1.165) is 23.5 Å². The molecule has 0 fully saturated rings. The molecule has 0 unspecified atom stereocenters. The molecule has 0 aliphatic heterocycles. The number of hydrogen-bond donors (Lipinski definition) is 0. The Bertz CT molecular complexity index is 262. The molecule has 1 aromatic rings. The number of nitrogens with zero attached hydrogens (tertiary/aromatic N) is 2. The van der Waals surface area contributed by atoms with Crippen molar-refractivity contribution in [2.75, 3.05) is 0 Å². The quantitative estimate of drug-likeness (QED) is 0.602. The number of carbonyl (C=O) groups excluding carboxylic acids is 1. The van der Waals surface area contributed by atoms with Crippen molar-refractivity contribution >= 4 is 17.8 Å². The summed E-state index contributed by atoms with van der Waals surface area (Å²) >= 11 is 1.15. The summed E-state index contributed by atoms with van der Waals surface area (Å²) in [5.74, 6) is 0. The second-order valence-electron chi connectivity index (χ2n) is 3.35. The van der Waals surface area contributed by atoms with Crippen LogP contribution >= 0.6 is 11.5 Å². The molecule has 0 amide bonds. The lowest BCUT2D eigenvalue weighted by Gasteiger charge is -2.14. The van der Waals surface area contributed by atoms with Gasteiger partial charge in [0.05, 0.1) is 5.69 Å². The molecule has 0 aromatic carbocycles. The molecule has 0 spiro atoms. The van der Waals surface area contributed by atoms with Gasteiger partial charge in [0.15, 0.2) is 6.29 Å². The van der Waals surface area contributed by atoms with Crippen LogP contribution in [0.3, 0.4) is 0 Å². The van der Waals surface area contributed by atoms with Crippen molar-refractivity contribution in [1.82, 2.24) is 9.59 Å². The first-order chi connectivity index (χ1) is 5.05. The number of aromatic nitrogens is 2. The van der Waals surface area contributed by atoms with E-state index in [1.165, 1.54) is 0 Å². The van der Waals surface area contributed by atoms with E-state index >= 15 is 0 Å². The molecule has 1 rings (SSSR count). The van der Waals surface area contributed by atoms with E-state index in [1.807, 2.05) is 20.8 Å². The number of hydrogen-bond acceptors (Lipinski definition) is 4. The molecule has 0 atom stereocenters. The minimum atomic E-state index is -0.0801. The van der Waals surface area contributed by atoms with E-state index in [2.05, 4.69) is 9.59 Å². The minimum Gasteiger partial charge on any atom is -0.297 e. The normalized spacial score (nSPS) is 11.5. The second-order valence-corrected chi connectivity index (χ2v) is 4.14. The summed E-state index contributed by atoms with van der Waals surface area (Å²) in [5.41, 5.74) is 0.709. The van der Waals surface area contributed by atoms with E-state index in [9.17, 15) is 4.79 Å². The van der Waals surface area contributed by atoms with E-state index in [0.29, 0.717) is 4.88 Å². The molecule has 4 heteroatoms. The summed E-state index contributed by atoms with van der Waals surface area (Å²) in [6.45, 7) is 6.03. The van der Waals surface area contributed by atoms with Crippen LogP contribution < -0.4 is 0 Å². The van der Waals surface area contributed by atoms with E-state index in [1.54, 1.807) is 0 Å². The lowest BCUT2D eigenvalue weighted by molar-refractivity contribution is 0.112. The van der Waals surface area contributed by atoms with Crippen molar-refractivity contribution < 1.29 is 4.79 Å². The molecule has 1 heterocycles. The highest BCUT2D eigenvalue weighted by molar-refractivity contribution is 7.07. The van der Waals surface area contributed by atoms with Crippen molar-refractivity contribution in [2.24, 2.45) is 0 Å². The fourth-order valence-corrected chi connectivity index (χ4v) is 1.48. The van der Waals surface area contributed by atoms with Gasteiger partial charge in [0, 0.05) is 5.41 Å². The van der Waals surface area contributed by atoms with Gasteiger partial charge in [-0.15, -0.1) is 5.10 Å². The predicted octanol–water partition coefficient (Wildman–Crippen LogP) is 1.65. The van der Waals surface area contributed by atoms with Gasteiger partial charge in [-0.2, -0.15) is 0 Å². The Morgan fingerprint density at radius 2 is 2.09 bits per heavy atom. The van der Waals surface area contributed by atoms with E-state index in [4.69, 9.17) is 0 Å². The molecule has 0 radical (unpaired) electrons. The van der Waals surface area contributed by atoms with E-state index < -0.39 is 0 Å². The smallest absolute Gasteiger partial charge is 0.163 e. The fraction of sp³-hybridized carbons (Fsp3) is 0.571. The fourth-order valence-electron chi connectivity index (χ4n) is 0.795. The molecule has 0 saturated carbocycles. The SMILES string of the molecule is CC(C)(C)c1nnsc1C=O. The first-order valence-corrected chi connectivity index (χ1v) is 4.11. The maximum absolute atomic E-state index is 10.5. The largest absolute Gasteiger partial charge is 0.297 e. The van der Waals surface area contributed by atoms with Gasteiger partial charge < -0.3 is 0 Å². The molecule has 3 nitrogen and oxygen atoms in total. The van der Waals surface area contributed by atoms with Crippen LogP contribution in [-0.4, -0.2) is 15.9 Å². The Balaban J connectivity index is 3.12. The summed E-state index contributed by atoms with van der Waals surface area (Å²) in [4.78, 5) is 11.1. The third-order valence-corrected chi connectivity index (χ3v) is 1.98. The van der Waals surface area contributed by atoms with Gasteiger partial charge in [0.25, 0.3) is 0 Å². The van der Waals surface area contributed by atoms with Gasteiger partial charge in [0.2, 0.25) is 0 Å². The summed E-state index contributed by atoms with van der Waals surface area (Å²) in [6.07, 6.45) is 0.811. The van der Waals surface area contributed by atoms with Crippen LogP contribution in [0, 0.1) is 0 Å². The Hall–Kier alpha value is -0.770. The first-order valence-electron chi connectivity index (χ1n) is 3.33. The van der Waals surface area contributed by atoms with Gasteiger partial charge in [-0.25, -0.2) is 0 Å². The average molecular weight is 170 g/mol. The Labute approximate surface area is 69.6 Å². The molecule has 60 valence electrons. The van der Waals surface area contributed by atoms with Crippen molar-refractivity contribution in [2.45, 2.75) is 26.2 Å². The summed E-state index contributed by atoms with van der Waals surface area (Å²) in [5, 5.41) is 3.90. The maximum Gasteiger partial charge on any atom is 0.163 e. The molecule has 0 N–H and O–H groups in total. The average Bonchev–Trinajstić information content (AvgIpc) is 2.31. The summed E-state index contributed by atoms with van der Waals surface area (Å²) in [6, 6.07) is 0. The van der Waals surface area contributed by atoms with Crippen molar-refractivity contribution in [3.8, 4) is 0 Å². The zero-order valence-corrected chi connectivity index (χ0v) is 7.60. The van der Waals surface area contributed by atoms with Crippen LogP contribution in [0.25, 0.3) is 0 Å². The molecular weight excluding hydrogens is 160 g/mol. The lowest BCUT2D eigenvalue weighted by Crippen LogP contribution is -2.13.